The zero-order chi connectivity index (χ0) is 21.6. The minimum atomic E-state index is -4.07. The molecule has 2 aromatic carbocycles. The van der Waals surface area contributed by atoms with Crippen LogP contribution in [0.25, 0.3) is 0 Å². The van der Waals surface area contributed by atoms with Crippen LogP contribution in [0.5, 0.6) is 11.5 Å². The maximum absolute atomic E-state index is 13.5. The molecule has 0 aromatic heterocycles. The summed E-state index contributed by atoms with van der Waals surface area (Å²) < 4.78 is 38.6. The van der Waals surface area contributed by atoms with Crippen molar-refractivity contribution in [3.8, 4) is 11.5 Å². The lowest BCUT2D eigenvalue weighted by Crippen LogP contribution is -2.41. The van der Waals surface area contributed by atoms with Crippen molar-refractivity contribution in [2.24, 2.45) is 5.92 Å². The number of carbonyl (C=O) groups is 1. The van der Waals surface area contributed by atoms with Crippen molar-refractivity contribution in [1.29, 1.82) is 0 Å². The fraction of sp³-hybridized carbons (Fsp3) is 0.381. The average Bonchev–Trinajstić information content (AvgIpc) is 2.70. The van der Waals surface area contributed by atoms with E-state index in [1.165, 1.54) is 20.3 Å². The van der Waals surface area contributed by atoms with Crippen molar-refractivity contribution < 1.29 is 22.7 Å². The van der Waals surface area contributed by atoms with Crippen molar-refractivity contribution in [2.75, 3.05) is 31.6 Å². The average molecular weight is 421 g/mol. The first kappa shape index (κ1) is 22.5. The Morgan fingerprint density at radius 3 is 2.28 bits per heavy atom. The first-order valence-electron chi connectivity index (χ1n) is 9.27. The topological polar surface area (TPSA) is 84.9 Å². The Bertz CT molecular complexity index is 940. The number of aryl methyl sites for hydroxylation is 1. The standard InChI is InChI=1S/C21H28N2O5S/c1-15(2)13-22-21(24)14-23(17-7-9-18(27-4)10-8-17)29(25,26)20-12-16(3)6-11-19(20)28-5/h6-12,15H,13-14H2,1-5H3,(H,22,24). The third-order valence-corrected chi connectivity index (χ3v) is 6.04. The second-order valence-corrected chi connectivity index (χ2v) is 8.89. The summed E-state index contributed by atoms with van der Waals surface area (Å²) in [6.45, 7) is 5.85. The number of benzene rings is 2. The Morgan fingerprint density at radius 1 is 1.07 bits per heavy atom. The van der Waals surface area contributed by atoms with Crippen molar-refractivity contribution >= 4 is 21.6 Å². The van der Waals surface area contributed by atoms with Gasteiger partial charge >= 0.3 is 0 Å². The lowest BCUT2D eigenvalue weighted by Gasteiger charge is -2.25. The molecule has 158 valence electrons. The van der Waals surface area contributed by atoms with Crippen LogP contribution < -0.4 is 19.1 Å². The van der Waals surface area contributed by atoms with Crippen LogP contribution in [0.15, 0.2) is 47.4 Å². The largest absolute Gasteiger partial charge is 0.497 e. The van der Waals surface area contributed by atoms with E-state index in [0.29, 0.717) is 18.0 Å². The molecule has 0 aliphatic carbocycles. The molecule has 2 aromatic rings. The van der Waals surface area contributed by atoms with Gasteiger partial charge in [-0.05, 0) is 54.8 Å². The zero-order valence-electron chi connectivity index (χ0n) is 17.4. The molecule has 0 aliphatic rings. The zero-order valence-corrected chi connectivity index (χ0v) is 18.2. The molecule has 29 heavy (non-hydrogen) atoms. The number of ether oxygens (including phenoxy) is 2. The van der Waals surface area contributed by atoms with Crippen LogP contribution in [0.4, 0.5) is 5.69 Å². The van der Waals surface area contributed by atoms with Gasteiger partial charge in [-0.3, -0.25) is 9.10 Å². The second kappa shape index (κ2) is 9.65. The van der Waals surface area contributed by atoms with Gasteiger partial charge in [0.1, 0.15) is 22.9 Å². The molecule has 1 N–H and O–H groups in total. The quantitative estimate of drug-likeness (QED) is 0.674. The Balaban J connectivity index is 2.50. The smallest absolute Gasteiger partial charge is 0.268 e. The summed E-state index contributed by atoms with van der Waals surface area (Å²) in [5.74, 6) is 0.673. The van der Waals surface area contributed by atoms with Crippen LogP contribution in [-0.2, 0) is 14.8 Å². The highest BCUT2D eigenvalue weighted by molar-refractivity contribution is 7.93. The molecular formula is C21H28N2O5S. The molecule has 2 rings (SSSR count). The molecule has 0 bridgehead atoms. The predicted octanol–water partition coefficient (Wildman–Crippen LogP) is 2.98. The normalized spacial score (nSPS) is 11.2. The number of methoxy groups -OCH3 is 2. The number of hydrogen-bond acceptors (Lipinski definition) is 5. The minimum Gasteiger partial charge on any atom is -0.497 e. The number of sulfonamides is 1. The first-order chi connectivity index (χ1) is 13.7. The summed E-state index contributed by atoms with van der Waals surface area (Å²) in [5.41, 5.74) is 1.12. The van der Waals surface area contributed by atoms with Crippen LogP contribution in [-0.4, -0.2) is 41.6 Å². The van der Waals surface area contributed by atoms with Crippen molar-refractivity contribution in [1.82, 2.24) is 5.32 Å². The third kappa shape index (κ3) is 5.63. The van der Waals surface area contributed by atoms with Gasteiger partial charge < -0.3 is 14.8 Å². The molecule has 1 amide bonds. The van der Waals surface area contributed by atoms with E-state index in [1.54, 1.807) is 43.3 Å². The summed E-state index contributed by atoms with van der Waals surface area (Å²) >= 11 is 0. The van der Waals surface area contributed by atoms with Crippen molar-refractivity contribution in [2.45, 2.75) is 25.7 Å². The molecule has 0 fully saturated rings. The molecule has 0 saturated carbocycles. The molecule has 0 atom stereocenters. The monoisotopic (exact) mass is 420 g/mol. The first-order valence-corrected chi connectivity index (χ1v) is 10.7. The highest BCUT2D eigenvalue weighted by Gasteiger charge is 2.30. The van der Waals surface area contributed by atoms with Gasteiger partial charge in [-0.1, -0.05) is 19.9 Å². The molecule has 8 heteroatoms. The van der Waals surface area contributed by atoms with E-state index >= 15 is 0 Å². The Morgan fingerprint density at radius 2 is 1.72 bits per heavy atom. The molecule has 0 unspecified atom stereocenters. The van der Waals surface area contributed by atoms with E-state index in [-0.39, 0.29) is 29.0 Å². The van der Waals surface area contributed by atoms with Crippen LogP contribution in [0.2, 0.25) is 0 Å². The van der Waals surface area contributed by atoms with Crippen LogP contribution in [0.1, 0.15) is 19.4 Å². The van der Waals surface area contributed by atoms with E-state index in [0.717, 1.165) is 9.87 Å². The number of amides is 1. The summed E-state index contributed by atoms with van der Waals surface area (Å²) in [6, 6.07) is 11.4. The third-order valence-electron chi connectivity index (χ3n) is 4.24. The van der Waals surface area contributed by atoms with Gasteiger partial charge in [0.15, 0.2) is 0 Å². The SMILES string of the molecule is COc1ccc(N(CC(=O)NCC(C)C)S(=O)(=O)c2cc(C)ccc2OC)cc1. The number of nitrogens with one attached hydrogen (secondary N) is 1. The highest BCUT2D eigenvalue weighted by Crippen LogP contribution is 2.31. The van der Waals surface area contributed by atoms with Crippen molar-refractivity contribution in [3.63, 3.8) is 0 Å². The van der Waals surface area contributed by atoms with E-state index in [2.05, 4.69) is 5.32 Å². The van der Waals surface area contributed by atoms with Gasteiger partial charge in [-0.15, -0.1) is 0 Å². The molecule has 0 spiro atoms. The molecule has 0 saturated heterocycles. The van der Waals surface area contributed by atoms with Gasteiger partial charge in [-0.2, -0.15) is 0 Å². The lowest BCUT2D eigenvalue weighted by atomic mass is 10.2. The Labute approximate surface area is 172 Å². The van der Waals surface area contributed by atoms with Crippen LogP contribution in [0, 0.1) is 12.8 Å². The fourth-order valence-corrected chi connectivity index (χ4v) is 4.34. The molecule has 7 nitrogen and oxygen atoms in total. The van der Waals surface area contributed by atoms with E-state index in [4.69, 9.17) is 9.47 Å². The van der Waals surface area contributed by atoms with E-state index in [1.807, 2.05) is 13.8 Å². The van der Waals surface area contributed by atoms with Gasteiger partial charge in [0.05, 0.1) is 19.9 Å². The summed E-state index contributed by atoms with van der Waals surface area (Å²) in [5, 5.41) is 2.77. The summed E-state index contributed by atoms with van der Waals surface area (Å²) in [6.07, 6.45) is 0. The second-order valence-electron chi connectivity index (χ2n) is 7.06. The van der Waals surface area contributed by atoms with Gasteiger partial charge in [-0.25, -0.2) is 8.42 Å². The molecule has 0 heterocycles. The number of nitrogens with zero attached hydrogens (tertiary/aromatic N) is 1. The predicted molar refractivity (Wildman–Crippen MR) is 113 cm³/mol. The highest BCUT2D eigenvalue weighted by atomic mass is 32.2. The number of hydrogen-bond donors (Lipinski definition) is 1. The van der Waals surface area contributed by atoms with Gasteiger partial charge in [0, 0.05) is 6.54 Å². The number of rotatable bonds is 9. The van der Waals surface area contributed by atoms with Gasteiger partial charge in [0.25, 0.3) is 10.0 Å². The molecule has 0 radical (unpaired) electrons. The Hall–Kier alpha value is -2.74. The van der Waals surface area contributed by atoms with E-state index < -0.39 is 10.0 Å². The fourth-order valence-electron chi connectivity index (χ4n) is 2.67. The van der Waals surface area contributed by atoms with E-state index in [9.17, 15) is 13.2 Å². The Kier molecular flexibility index (Phi) is 7.50. The molecule has 0 aliphatic heterocycles. The van der Waals surface area contributed by atoms with Crippen LogP contribution >= 0.6 is 0 Å². The van der Waals surface area contributed by atoms with Gasteiger partial charge in [0.2, 0.25) is 5.91 Å². The molecular weight excluding hydrogens is 392 g/mol. The maximum Gasteiger partial charge on any atom is 0.268 e. The summed E-state index contributed by atoms with van der Waals surface area (Å²) in [4.78, 5) is 12.5. The number of anilines is 1. The maximum atomic E-state index is 13.5. The lowest BCUT2D eigenvalue weighted by molar-refractivity contribution is -0.119. The minimum absolute atomic E-state index is 0.00692. The summed E-state index contributed by atoms with van der Waals surface area (Å²) in [7, 11) is -1.12. The van der Waals surface area contributed by atoms with Crippen molar-refractivity contribution in [3.05, 3.63) is 48.0 Å². The van der Waals surface area contributed by atoms with Crippen LogP contribution in [0.3, 0.4) is 0 Å². The number of carbonyl (C=O) groups excluding carboxylic acids is 1.